The highest BCUT2D eigenvalue weighted by Crippen LogP contribution is 2.34. The molecule has 21 heavy (non-hydrogen) atoms. The van der Waals surface area contributed by atoms with Crippen molar-refractivity contribution in [1.29, 1.82) is 0 Å². The highest BCUT2D eigenvalue weighted by atomic mass is 16.5. The molecule has 0 amide bonds. The summed E-state index contributed by atoms with van der Waals surface area (Å²) in [5, 5.41) is 10.9. The molecule has 1 aromatic heterocycles. The van der Waals surface area contributed by atoms with Crippen LogP contribution < -0.4 is 9.47 Å². The summed E-state index contributed by atoms with van der Waals surface area (Å²) in [5.74, 6) is 1.28. The van der Waals surface area contributed by atoms with E-state index in [2.05, 4.69) is 4.98 Å². The average Bonchev–Trinajstić information content (AvgIpc) is 2.53. The molecule has 1 heterocycles. The molecule has 0 saturated heterocycles. The lowest BCUT2D eigenvalue weighted by atomic mass is 10.1. The standard InChI is InChI=1S/C17H15NO3/c1-20-16-8-7-11(9-15(16)19)14-10-17(21-2)12-5-3-4-6-13(12)18-14/h3-10,19H,1-2H3. The molecular formula is C17H15NO3. The van der Waals surface area contributed by atoms with E-state index in [4.69, 9.17) is 9.47 Å². The highest BCUT2D eigenvalue weighted by molar-refractivity contribution is 5.88. The third-order valence-corrected chi connectivity index (χ3v) is 3.37. The maximum atomic E-state index is 9.91. The largest absolute Gasteiger partial charge is 0.504 e. The molecule has 2 aromatic carbocycles. The number of fused-ring (bicyclic) bond motifs is 1. The van der Waals surface area contributed by atoms with Gasteiger partial charge in [-0.2, -0.15) is 0 Å². The lowest BCUT2D eigenvalue weighted by Crippen LogP contribution is -1.91. The Balaban J connectivity index is 2.18. The number of benzene rings is 2. The molecule has 106 valence electrons. The number of aromatic hydroxyl groups is 1. The molecule has 1 N–H and O–H groups in total. The second-order valence-electron chi connectivity index (χ2n) is 4.61. The van der Waals surface area contributed by atoms with Gasteiger partial charge in [0.25, 0.3) is 0 Å². The summed E-state index contributed by atoms with van der Waals surface area (Å²) >= 11 is 0. The zero-order valence-electron chi connectivity index (χ0n) is 11.8. The molecule has 0 aliphatic heterocycles. The Hall–Kier alpha value is -2.75. The summed E-state index contributed by atoms with van der Waals surface area (Å²) in [6.45, 7) is 0. The summed E-state index contributed by atoms with van der Waals surface area (Å²) < 4.78 is 10.5. The number of rotatable bonds is 3. The number of methoxy groups -OCH3 is 2. The van der Waals surface area contributed by atoms with Crippen molar-refractivity contribution in [2.45, 2.75) is 0 Å². The Morgan fingerprint density at radius 2 is 1.67 bits per heavy atom. The van der Waals surface area contributed by atoms with E-state index in [0.717, 1.165) is 27.9 Å². The van der Waals surface area contributed by atoms with Crippen LogP contribution in [0.3, 0.4) is 0 Å². The van der Waals surface area contributed by atoms with Gasteiger partial charge in [-0.1, -0.05) is 12.1 Å². The van der Waals surface area contributed by atoms with Gasteiger partial charge in [0.1, 0.15) is 5.75 Å². The van der Waals surface area contributed by atoms with Gasteiger partial charge in [-0.15, -0.1) is 0 Å². The number of hydrogen-bond donors (Lipinski definition) is 1. The summed E-state index contributed by atoms with van der Waals surface area (Å²) in [7, 11) is 3.16. The van der Waals surface area contributed by atoms with Gasteiger partial charge >= 0.3 is 0 Å². The van der Waals surface area contributed by atoms with Gasteiger partial charge in [0.15, 0.2) is 11.5 Å². The Kier molecular flexibility index (Phi) is 3.36. The predicted molar refractivity (Wildman–Crippen MR) is 81.9 cm³/mol. The summed E-state index contributed by atoms with van der Waals surface area (Å²) in [5.41, 5.74) is 2.39. The molecule has 3 rings (SSSR count). The van der Waals surface area contributed by atoms with E-state index in [-0.39, 0.29) is 5.75 Å². The Morgan fingerprint density at radius 3 is 2.38 bits per heavy atom. The summed E-state index contributed by atoms with van der Waals surface area (Å²) in [4.78, 5) is 4.62. The Bertz CT molecular complexity index is 799. The molecule has 0 saturated carbocycles. The van der Waals surface area contributed by atoms with E-state index in [9.17, 15) is 5.11 Å². The van der Waals surface area contributed by atoms with E-state index in [0.29, 0.717) is 5.75 Å². The first-order valence-electron chi connectivity index (χ1n) is 6.54. The Morgan fingerprint density at radius 1 is 0.905 bits per heavy atom. The smallest absolute Gasteiger partial charge is 0.160 e. The van der Waals surface area contributed by atoms with Gasteiger partial charge in [-0.05, 0) is 30.3 Å². The minimum atomic E-state index is 0.0870. The molecule has 3 aromatic rings. The van der Waals surface area contributed by atoms with Crippen LogP contribution in [0.5, 0.6) is 17.2 Å². The molecule has 0 aliphatic carbocycles. The van der Waals surface area contributed by atoms with Crippen LogP contribution in [0.15, 0.2) is 48.5 Å². The number of pyridine rings is 1. The van der Waals surface area contributed by atoms with Crippen molar-refractivity contribution in [3.8, 4) is 28.5 Å². The highest BCUT2D eigenvalue weighted by Gasteiger charge is 2.10. The van der Waals surface area contributed by atoms with Crippen LogP contribution in [0.4, 0.5) is 0 Å². The molecular weight excluding hydrogens is 266 g/mol. The summed E-state index contributed by atoms with van der Waals surface area (Å²) in [6, 6.07) is 14.9. The van der Waals surface area contributed by atoms with Crippen LogP contribution in [0.1, 0.15) is 0 Å². The van der Waals surface area contributed by atoms with Crippen LogP contribution in [0.25, 0.3) is 22.2 Å². The van der Waals surface area contributed by atoms with Crippen LogP contribution in [-0.4, -0.2) is 24.3 Å². The van der Waals surface area contributed by atoms with Crippen molar-refractivity contribution in [1.82, 2.24) is 4.98 Å². The third kappa shape index (κ3) is 2.36. The van der Waals surface area contributed by atoms with Gasteiger partial charge in [0.05, 0.1) is 25.4 Å². The zero-order valence-corrected chi connectivity index (χ0v) is 11.8. The fourth-order valence-corrected chi connectivity index (χ4v) is 2.31. The van der Waals surface area contributed by atoms with Crippen LogP contribution >= 0.6 is 0 Å². The number of nitrogens with zero attached hydrogens (tertiary/aromatic N) is 1. The molecule has 0 aliphatic rings. The second kappa shape index (κ2) is 5.32. The second-order valence-corrected chi connectivity index (χ2v) is 4.61. The predicted octanol–water partition coefficient (Wildman–Crippen LogP) is 3.62. The van der Waals surface area contributed by atoms with Crippen molar-refractivity contribution in [2.24, 2.45) is 0 Å². The molecule has 4 nitrogen and oxygen atoms in total. The molecule has 0 spiro atoms. The van der Waals surface area contributed by atoms with Crippen molar-refractivity contribution in [3.63, 3.8) is 0 Å². The van der Waals surface area contributed by atoms with E-state index in [1.54, 1.807) is 19.2 Å². The van der Waals surface area contributed by atoms with Gasteiger partial charge in [-0.3, -0.25) is 0 Å². The van der Waals surface area contributed by atoms with Crippen molar-refractivity contribution in [2.75, 3.05) is 14.2 Å². The fraction of sp³-hybridized carbons (Fsp3) is 0.118. The molecule has 0 fully saturated rings. The zero-order chi connectivity index (χ0) is 14.8. The topological polar surface area (TPSA) is 51.6 Å². The van der Waals surface area contributed by atoms with Crippen molar-refractivity contribution >= 4 is 10.9 Å². The molecule has 0 bridgehead atoms. The number of hydrogen-bond acceptors (Lipinski definition) is 4. The lowest BCUT2D eigenvalue weighted by molar-refractivity contribution is 0.373. The molecule has 0 atom stereocenters. The third-order valence-electron chi connectivity index (χ3n) is 3.37. The fourth-order valence-electron chi connectivity index (χ4n) is 2.31. The Labute approximate surface area is 122 Å². The van der Waals surface area contributed by atoms with Crippen molar-refractivity contribution in [3.05, 3.63) is 48.5 Å². The minimum absolute atomic E-state index is 0.0870. The van der Waals surface area contributed by atoms with Crippen LogP contribution in [0.2, 0.25) is 0 Å². The first-order valence-corrected chi connectivity index (χ1v) is 6.54. The van der Waals surface area contributed by atoms with E-state index < -0.39 is 0 Å². The van der Waals surface area contributed by atoms with Crippen molar-refractivity contribution < 1.29 is 14.6 Å². The average molecular weight is 281 g/mol. The first kappa shape index (κ1) is 13.2. The van der Waals surface area contributed by atoms with Gasteiger partial charge < -0.3 is 14.6 Å². The molecule has 0 radical (unpaired) electrons. The minimum Gasteiger partial charge on any atom is -0.504 e. The van der Waals surface area contributed by atoms with Crippen LogP contribution in [-0.2, 0) is 0 Å². The van der Waals surface area contributed by atoms with E-state index in [1.807, 2.05) is 36.4 Å². The normalized spacial score (nSPS) is 10.6. The summed E-state index contributed by atoms with van der Waals surface area (Å²) in [6.07, 6.45) is 0. The van der Waals surface area contributed by atoms with E-state index >= 15 is 0 Å². The number of para-hydroxylation sites is 1. The van der Waals surface area contributed by atoms with Gasteiger partial charge in [0.2, 0.25) is 0 Å². The number of aromatic nitrogens is 1. The van der Waals surface area contributed by atoms with Gasteiger partial charge in [0, 0.05) is 17.0 Å². The number of phenols is 1. The van der Waals surface area contributed by atoms with E-state index in [1.165, 1.54) is 7.11 Å². The number of phenolic OH excluding ortho intramolecular Hbond substituents is 1. The quantitative estimate of drug-likeness (QED) is 0.796. The molecule has 4 heteroatoms. The first-order chi connectivity index (χ1) is 10.2. The monoisotopic (exact) mass is 281 g/mol. The molecule has 0 unspecified atom stereocenters. The maximum absolute atomic E-state index is 9.91. The number of ether oxygens (including phenoxy) is 2. The van der Waals surface area contributed by atoms with Gasteiger partial charge in [-0.25, -0.2) is 4.98 Å². The van der Waals surface area contributed by atoms with Crippen LogP contribution in [0, 0.1) is 0 Å². The SMILES string of the molecule is COc1ccc(-c2cc(OC)c3ccccc3n2)cc1O. The lowest BCUT2D eigenvalue weighted by Gasteiger charge is -2.10. The maximum Gasteiger partial charge on any atom is 0.160 e.